The summed E-state index contributed by atoms with van der Waals surface area (Å²) in [6.07, 6.45) is 16.0. The highest BCUT2D eigenvalue weighted by Crippen LogP contribution is 2.32. The number of halogens is 1. The number of hydrogen-bond acceptors (Lipinski definition) is 5. The normalized spacial score (nSPS) is 15.5. The van der Waals surface area contributed by atoms with E-state index in [0.717, 1.165) is 50.5 Å². The van der Waals surface area contributed by atoms with Gasteiger partial charge in [-0.2, -0.15) is 4.98 Å². The summed E-state index contributed by atoms with van der Waals surface area (Å²) in [5, 5.41) is 4.76. The van der Waals surface area contributed by atoms with Crippen LogP contribution in [-0.2, 0) is 9.59 Å². The van der Waals surface area contributed by atoms with Crippen molar-refractivity contribution in [2.75, 3.05) is 19.6 Å². The Hall–Kier alpha value is -2.41. The number of benzene rings is 1. The fourth-order valence-corrected chi connectivity index (χ4v) is 5.43. The summed E-state index contributed by atoms with van der Waals surface area (Å²) in [4.78, 5) is 34.9. The molecule has 216 valence electrons. The third-order valence-corrected chi connectivity index (χ3v) is 7.82. The molecular weight excluding hydrogens is 512 g/mol. The van der Waals surface area contributed by atoms with E-state index < -0.39 is 0 Å². The summed E-state index contributed by atoms with van der Waals surface area (Å²) in [6, 6.07) is 7.06. The summed E-state index contributed by atoms with van der Waals surface area (Å²) in [5.74, 6) is 0.957. The van der Waals surface area contributed by atoms with Crippen molar-refractivity contribution in [3.05, 3.63) is 35.2 Å². The number of amides is 2. The Morgan fingerprint density at radius 3 is 2.44 bits per heavy atom. The van der Waals surface area contributed by atoms with E-state index in [0.29, 0.717) is 36.2 Å². The number of likely N-dealkylation sites (tertiary alicyclic amines) is 1. The van der Waals surface area contributed by atoms with Crippen LogP contribution in [0.5, 0.6) is 0 Å². The van der Waals surface area contributed by atoms with Gasteiger partial charge >= 0.3 is 0 Å². The standard InChI is InChI=1S/C31H47ClN4O3/c1-3-5-7-8-9-10-11-12-13-20-28(37)35(21-6-4-2)24-29(38)36-22-15-14-19-27(36)31-33-30(34-39-31)25-17-16-18-26(32)23-25/h16-18,23,27H,3-15,19-22,24H2,1-2H3. The summed E-state index contributed by atoms with van der Waals surface area (Å²) in [7, 11) is 0. The van der Waals surface area contributed by atoms with Gasteiger partial charge in [0, 0.05) is 30.1 Å². The molecule has 1 aliphatic rings. The van der Waals surface area contributed by atoms with Crippen LogP contribution in [0.4, 0.5) is 0 Å². The van der Waals surface area contributed by atoms with Gasteiger partial charge in [0.1, 0.15) is 6.04 Å². The molecule has 1 fully saturated rings. The maximum atomic E-state index is 13.5. The van der Waals surface area contributed by atoms with Crippen LogP contribution in [0.15, 0.2) is 28.8 Å². The highest BCUT2D eigenvalue weighted by Gasteiger charge is 2.33. The van der Waals surface area contributed by atoms with Crippen molar-refractivity contribution < 1.29 is 14.1 Å². The fraction of sp³-hybridized carbons (Fsp3) is 0.677. The second-order valence-electron chi connectivity index (χ2n) is 10.8. The van der Waals surface area contributed by atoms with Crippen LogP contribution in [0, 0.1) is 0 Å². The van der Waals surface area contributed by atoms with E-state index in [-0.39, 0.29) is 24.4 Å². The van der Waals surface area contributed by atoms with Gasteiger partial charge in [0.2, 0.25) is 23.5 Å². The monoisotopic (exact) mass is 558 g/mol. The number of carbonyl (C=O) groups is 2. The van der Waals surface area contributed by atoms with Crippen LogP contribution < -0.4 is 0 Å². The van der Waals surface area contributed by atoms with Crippen LogP contribution in [-0.4, -0.2) is 51.4 Å². The Balaban J connectivity index is 1.54. The highest BCUT2D eigenvalue weighted by molar-refractivity contribution is 6.30. The molecule has 0 aliphatic carbocycles. The Morgan fingerprint density at radius 1 is 1.00 bits per heavy atom. The molecule has 2 aromatic rings. The van der Waals surface area contributed by atoms with E-state index in [1.54, 1.807) is 17.0 Å². The molecule has 1 saturated heterocycles. The molecule has 1 aromatic heterocycles. The molecule has 39 heavy (non-hydrogen) atoms. The van der Waals surface area contributed by atoms with Crippen molar-refractivity contribution in [2.45, 2.75) is 116 Å². The van der Waals surface area contributed by atoms with Crippen LogP contribution in [0.3, 0.4) is 0 Å². The lowest BCUT2D eigenvalue weighted by Gasteiger charge is -2.35. The molecular formula is C31H47ClN4O3. The SMILES string of the molecule is CCCCCCCCCCCC(=O)N(CCCC)CC(=O)N1CCCCC1c1nc(-c2cccc(Cl)c2)no1. The lowest BCUT2D eigenvalue weighted by molar-refractivity contribution is -0.143. The Bertz CT molecular complexity index is 1010. The number of unbranched alkanes of at least 4 members (excludes halogenated alkanes) is 9. The number of piperidine rings is 1. The maximum absolute atomic E-state index is 13.5. The second-order valence-corrected chi connectivity index (χ2v) is 11.2. The van der Waals surface area contributed by atoms with E-state index in [2.05, 4.69) is 24.0 Å². The first-order valence-electron chi connectivity index (χ1n) is 15.2. The average molecular weight is 559 g/mol. The molecule has 2 heterocycles. The minimum atomic E-state index is -0.271. The van der Waals surface area contributed by atoms with Gasteiger partial charge in [-0.25, -0.2) is 0 Å². The summed E-state index contributed by atoms with van der Waals surface area (Å²) >= 11 is 6.13. The number of aromatic nitrogens is 2. The predicted octanol–water partition coefficient (Wildman–Crippen LogP) is 7.99. The largest absolute Gasteiger partial charge is 0.337 e. The quantitative estimate of drug-likeness (QED) is 0.184. The van der Waals surface area contributed by atoms with Crippen molar-refractivity contribution in [3.63, 3.8) is 0 Å². The predicted molar refractivity (Wildman–Crippen MR) is 156 cm³/mol. The van der Waals surface area contributed by atoms with Gasteiger partial charge in [0.25, 0.3) is 0 Å². The lowest BCUT2D eigenvalue weighted by atomic mass is 10.0. The van der Waals surface area contributed by atoms with Gasteiger partial charge in [-0.05, 0) is 44.2 Å². The van der Waals surface area contributed by atoms with Crippen molar-refractivity contribution in [1.82, 2.24) is 19.9 Å². The number of nitrogens with zero attached hydrogens (tertiary/aromatic N) is 4. The topological polar surface area (TPSA) is 79.5 Å². The second kappa shape index (κ2) is 17.3. The molecule has 1 aromatic carbocycles. The smallest absolute Gasteiger partial charge is 0.249 e. The molecule has 1 aliphatic heterocycles. The third kappa shape index (κ3) is 10.3. The van der Waals surface area contributed by atoms with Gasteiger partial charge in [-0.3, -0.25) is 9.59 Å². The van der Waals surface area contributed by atoms with E-state index in [1.165, 1.54) is 44.9 Å². The van der Waals surface area contributed by atoms with Crippen molar-refractivity contribution >= 4 is 23.4 Å². The molecule has 0 N–H and O–H groups in total. The van der Waals surface area contributed by atoms with E-state index in [1.807, 2.05) is 17.0 Å². The molecule has 0 saturated carbocycles. The van der Waals surface area contributed by atoms with E-state index in [4.69, 9.17) is 16.1 Å². The first-order chi connectivity index (χ1) is 19.0. The lowest BCUT2D eigenvalue weighted by Crippen LogP contribution is -2.46. The molecule has 3 rings (SSSR count). The van der Waals surface area contributed by atoms with Crippen molar-refractivity contribution in [3.8, 4) is 11.4 Å². The molecule has 1 atom stereocenters. The number of hydrogen-bond donors (Lipinski definition) is 0. The molecule has 0 bridgehead atoms. The molecule has 0 spiro atoms. The van der Waals surface area contributed by atoms with Crippen molar-refractivity contribution in [2.24, 2.45) is 0 Å². The summed E-state index contributed by atoms with van der Waals surface area (Å²) in [6.45, 7) is 5.72. The highest BCUT2D eigenvalue weighted by atomic mass is 35.5. The van der Waals surface area contributed by atoms with Crippen LogP contribution in [0.2, 0.25) is 5.02 Å². The number of carbonyl (C=O) groups excluding carboxylic acids is 2. The minimum absolute atomic E-state index is 0.0428. The van der Waals surface area contributed by atoms with Gasteiger partial charge in [0.15, 0.2) is 0 Å². The zero-order valence-corrected chi connectivity index (χ0v) is 24.8. The molecule has 2 amide bonds. The van der Waals surface area contributed by atoms with Gasteiger partial charge in [-0.15, -0.1) is 0 Å². The first-order valence-corrected chi connectivity index (χ1v) is 15.6. The van der Waals surface area contributed by atoms with Gasteiger partial charge in [-0.1, -0.05) is 101 Å². The van der Waals surface area contributed by atoms with Gasteiger partial charge < -0.3 is 14.3 Å². The third-order valence-electron chi connectivity index (χ3n) is 7.59. The zero-order valence-electron chi connectivity index (χ0n) is 24.0. The fourth-order valence-electron chi connectivity index (χ4n) is 5.24. The molecule has 0 radical (unpaired) electrons. The Morgan fingerprint density at radius 2 is 1.72 bits per heavy atom. The van der Waals surface area contributed by atoms with E-state index >= 15 is 0 Å². The van der Waals surface area contributed by atoms with Crippen LogP contribution >= 0.6 is 11.6 Å². The minimum Gasteiger partial charge on any atom is -0.337 e. The summed E-state index contributed by atoms with van der Waals surface area (Å²) in [5.41, 5.74) is 0.777. The summed E-state index contributed by atoms with van der Waals surface area (Å²) < 4.78 is 5.63. The Labute approximate surface area is 239 Å². The first kappa shape index (κ1) is 31.1. The van der Waals surface area contributed by atoms with Gasteiger partial charge in [0.05, 0.1) is 6.54 Å². The Kier molecular flexibility index (Phi) is 13.8. The van der Waals surface area contributed by atoms with E-state index in [9.17, 15) is 9.59 Å². The van der Waals surface area contributed by atoms with Crippen LogP contribution in [0.1, 0.15) is 122 Å². The molecule has 1 unspecified atom stereocenters. The average Bonchev–Trinajstić information content (AvgIpc) is 3.44. The number of rotatable bonds is 17. The molecule has 7 nitrogen and oxygen atoms in total. The van der Waals surface area contributed by atoms with Crippen LogP contribution in [0.25, 0.3) is 11.4 Å². The molecule has 8 heteroatoms. The maximum Gasteiger partial charge on any atom is 0.249 e. The zero-order chi connectivity index (χ0) is 27.9. The van der Waals surface area contributed by atoms with Crippen molar-refractivity contribution in [1.29, 1.82) is 0 Å².